The zero-order chi connectivity index (χ0) is 11.4. The van der Waals surface area contributed by atoms with E-state index in [1.54, 1.807) is 0 Å². The SMILES string of the molecule is Cc1noc(CCNCc2cccn2C)n1. The van der Waals surface area contributed by atoms with E-state index >= 15 is 0 Å². The van der Waals surface area contributed by atoms with Crippen molar-refractivity contribution in [2.24, 2.45) is 7.05 Å². The summed E-state index contributed by atoms with van der Waals surface area (Å²) in [6.45, 7) is 3.52. The van der Waals surface area contributed by atoms with Gasteiger partial charge in [0.1, 0.15) is 0 Å². The second-order valence-corrected chi connectivity index (χ2v) is 3.77. The molecule has 0 aliphatic heterocycles. The lowest BCUT2D eigenvalue weighted by atomic mass is 10.4. The summed E-state index contributed by atoms with van der Waals surface area (Å²) in [5.41, 5.74) is 1.27. The molecule has 0 bridgehead atoms. The van der Waals surface area contributed by atoms with Crippen LogP contribution in [0, 0.1) is 6.92 Å². The largest absolute Gasteiger partial charge is 0.353 e. The van der Waals surface area contributed by atoms with Crippen LogP contribution in [0.4, 0.5) is 0 Å². The highest BCUT2D eigenvalue weighted by atomic mass is 16.5. The molecule has 0 unspecified atom stereocenters. The van der Waals surface area contributed by atoms with Crippen molar-refractivity contribution in [3.05, 3.63) is 35.7 Å². The maximum absolute atomic E-state index is 5.02. The van der Waals surface area contributed by atoms with Crippen molar-refractivity contribution >= 4 is 0 Å². The first-order valence-electron chi connectivity index (χ1n) is 5.36. The first-order chi connectivity index (χ1) is 7.75. The van der Waals surface area contributed by atoms with Crippen molar-refractivity contribution in [1.82, 2.24) is 20.0 Å². The molecule has 0 saturated carbocycles. The summed E-state index contributed by atoms with van der Waals surface area (Å²) < 4.78 is 7.12. The monoisotopic (exact) mass is 220 g/mol. The van der Waals surface area contributed by atoms with Crippen molar-refractivity contribution in [2.45, 2.75) is 19.9 Å². The fourth-order valence-corrected chi connectivity index (χ4v) is 1.53. The minimum absolute atomic E-state index is 0.692. The molecule has 1 N–H and O–H groups in total. The van der Waals surface area contributed by atoms with E-state index in [0.717, 1.165) is 19.5 Å². The number of hydrogen-bond donors (Lipinski definition) is 1. The third-order valence-corrected chi connectivity index (χ3v) is 2.44. The second-order valence-electron chi connectivity index (χ2n) is 3.77. The summed E-state index contributed by atoms with van der Waals surface area (Å²) in [6.07, 6.45) is 2.81. The first kappa shape index (κ1) is 10.9. The van der Waals surface area contributed by atoms with Gasteiger partial charge in [-0.1, -0.05) is 5.16 Å². The summed E-state index contributed by atoms with van der Waals surface area (Å²) in [7, 11) is 2.04. The smallest absolute Gasteiger partial charge is 0.227 e. The Bertz CT molecular complexity index is 446. The van der Waals surface area contributed by atoms with E-state index < -0.39 is 0 Å². The molecule has 0 atom stereocenters. The molecule has 86 valence electrons. The Hall–Kier alpha value is -1.62. The summed E-state index contributed by atoms with van der Waals surface area (Å²) in [5.74, 6) is 1.38. The normalized spacial score (nSPS) is 10.9. The van der Waals surface area contributed by atoms with Gasteiger partial charge in [-0.05, 0) is 19.1 Å². The van der Waals surface area contributed by atoms with E-state index in [2.05, 4.69) is 26.1 Å². The molecule has 0 aliphatic rings. The lowest BCUT2D eigenvalue weighted by Gasteiger charge is -2.04. The molecule has 0 spiro atoms. The van der Waals surface area contributed by atoms with Crippen LogP contribution >= 0.6 is 0 Å². The van der Waals surface area contributed by atoms with Crippen molar-refractivity contribution in [1.29, 1.82) is 0 Å². The summed E-state index contributed by atoms with van der Waals surface area (Å²) in [6, 6.07) is 4.14. The van der Waals surface area contributed by atoms with E-state index in [-0.39, 0.29) is 0 Å². The third-order valence-electron chi connectivity index (χ3n) is 2.44. The van der Waals surface area contributed by atoms with Gasteiger partial charge in [-0.2, -0.15) is 4.98 Å². The van der Waals surface area contributed by atoms with E-state index in [1.165, 1.54) is 5.69 Å². The molecule has 2 heterocycles. The highest BCUT2D eigenvalue weighted by Gasteiger charge is 2.02. The number of nitrogens with one attached hydrogen (secondary N) is 1. The molecule has 5 nitrogen and oxygen atoms in total. The zero-order valence-corrected chi connectivity index (χ0v) is 9.60. The number of aryl methyl sites for hydroxylation is 2. The maximum atomic E-state index is 5.02. The minimum atomic E-state index is 0.692. The van der Waals surface area contributed by atoms with E-state index in [4.69, 9.17) is 4.52 Å². The van der Waals surface area contributed by atoms with Gasteiger partial charge < -0.3 is 14.4 Å². The molecule has 0 aliphatic carbocycles. The van der Waals surface area contributed by atoms with Crippen LogP contribution in [0.25, 0.3) is 0 Å². The van der Waals surface area contributed by atoms with Gasteiger partial charge in [0.05, 0.1) is 0 Å². The fraction of sp³-hybridized carbons (Fsp3) is 0.455. The lowest BCUT2D eigenvalue weighted by Crippen LogP contribution is -2.18. The van der Waals surface area contributed by atoms with Gasteiger partial charge in [-0.25, -0.2) is 0 Å². The van der Waals surface area contributed by atoms with Gasteiger partial charge in [-0.3, -0.25) is 0 Å². The van der Waals surface area contributed by atoms with E-state index in [1.807, 2.05) is 26.2 Å². The minimum Gasteiger partial charge on any atom is -0.353 e. The van der Waals surface area contributed by atoms with Crippen LogP contribution < -0.4 is 5.32 Å². The van der Waals surface area contributed by atoms with Crippen LogP contribution in [0.1, 0.15) is 17.4 Å². The Morgan fingerprint density at radius 2 is 2.38 bits per heavy atom. The van der Waals surface area contributed by atoms with E-state index in [9.17, 15) is 0 Å². The Morgan fingerprint density at radius 3 is 3.00 bits per heavy atom. The van der Waals surface area contributed by atoms with Crippen LogP contribution in [0.5, 0.6) is 0 Å². The highest BCUT2D eigenvalue weighted by molar-refractivity contribution is 5.05. The number of nitrogens with zero attached hydrogens (tertiary/aromatic N) is 3. The van der Waals surface area contributed by atoms with Crippen LogP contribution in [-0.4, -0.2) is 21.3 Å². The molecule has 2 rings (SSSR count). The van der Waals surface area contributed by atoms with Gasteiger partial charge >= 0.3 is 0 Å². The third kappa shape index (κ3) is 2.70. The molecular formula is C11H16N4O. The predicted octanol–water partition coefficient (Wildman–Crippen LogP) is 1.05. The highest BCUT2D eigenvalue weighted by Crippen LogP contribution is 1.99. The molecule has 2 aromatic heterocycles. The average Bonchev–Trinajstić information content (AvgIpc) is 2.83. The Kier molecular flexibility index (Phi) is 3.36. The number of aromatic nitrogens is 3. The molecule has 0 amide bonds. The Morgan fingerprint density at radius 1 is 1.50 bits per heavy atom. The predicted molar refractivity (Wildman–Crippen MR) is 59.9 cm³/mol. The van der Waals surface area contributed by atoms with Crippen LogP contribution in [0.15, 0.2) is 22.9 Å². The molecule has 0 fully saturated rings. The van der Waals surface area contributed by atoms with Gasteiger partial charge in [0.2, 0.25) is 5.89 Å². The van der Waals surface area contributed by atoms with Gasteiger partial charge in [0, 0.05) is 38.4 Å². The van der Waals surface area contributed by atoms with Gasteiger partial charge in [-0.15, -0.1) is 0 Å². The van der Waals surface area contributed by atoms with Crippen molar-refractivity contribution in [3.8, 4) is 0 Å². The van der Waals surface area contributed by atoms with Crippen LogP contribution in [0.2, 0.25) is 0 Å². The van der Waals surface area contributed by atoms with Crippen molar-refractivity contribution < 1.29 is 4.52 Å². The topological polar surface area (TPSA) is 55.9 Å². The molecule has 0 aromatic carbocycles. The first-order valence-corrected chi connectivity index (χ1v) is 5.36. The molecule has 5 heteroatoms. The van der Waals surface area contributed by atoms with Gasteiger partial charge in [0.25, 0.3) is 0 Å². The van der Waals surface area contributed by atoms with Crippen LogP contribution in [0.3, 0.4) is 0 Å². The number of rotatable bonds is 5. The van der Waals surface area contributed by atoms with Gasteiger partial charge in [0.15, 0.2) is 5.82 Å². The fourth-order valence-electron chi connectivity index (χ4n) is 1.53. The van der Waals surface area contributed by atoms with Crippen LogP contribution in [-0.2, 0) is 20.0 Å². The summed E-state index contributed by atoms with van der Waals surface area (Å²) in [5, 5.41) is 7.08. The van der Waals surface area contributed by atoms with Crippen molar-refractivity contribution in [3.63, 3.8) is 0 Å². The summed E-state index contributed by atoms with van der Waals surface area (Å²) >= 11 is 0. The lowest BCUT2D eigenvalue weighted by molar-refractivity contribution is 0.372. The molecule has 16 heavy (non-hydrogen) atoms. The van der Waals surface area contributed by atoms with Crippen molar-refractivity contribution in [2.75, 3.05) is 6.54 Å². The maximum Gasteiger partial charge on any atom is 0.227 e. The van der Waals surface area contributed by atoms with E-state index in [0.29, 0.717) is 11.7 Å². The Balaban J connectivity index is 1.71. The Labute approximate surface area is 94.5 Å². The molecule has 0 radical (unpaired) electrons. The molecular weight excluding hydrogens is 204 g/mol. The molecule has 2 aromatic rings. The standard InChI is InChI=1S/C11H16N4O/c1-9-13-11(16-14-9)5-6-12-8-10-4-3-7-15(10)2/h3-4,7,12H,5-6,8H2,1-2H3. The zero-order valence-electron chi connectivity index (χ0n) is 9.60. The number of hydrogen-bond acceptors (Lipinski definition) is 4. The quantitative estimate of drug-likeness (QED) is 0.765. The second kappa shape index (κ2) is 4.94. The summed E-state index contributed by atoms with van der Waals surface area (Å²) in [4.78, 5) is 4.14. The molecule has 0 saturated heterocycles. The average molecular weight is 220 g/mol.